The average Bonchev–Trinajstić information content (AvgIpc) is 2.85. The third kappa shape index (κ3) is 7.45. The quantitative estimate of drug-likeness (QED) is 0.452. The van der Waals surface area contributed by atoms with Crippen LogP contribution in [0.2, 0.25) is 0 Å². The Kier molecular flexibility index (Phi) is 10.1. The summed E-state index contributed by atoms with van der Waals surface area (Å²) in [6.45, 7) is 6.12. The van der Waals surface area contributed by atoms with Crippen molar-refractivity contribution in [3.63, 3.8) is 0 Å². The summed E-state index contributed by atoms with van der Waals surface area (Å²) in [4.78, 5) is 17.0. The summed E-state index contributed by atoms with van der Waals surface area (Å²) in [6.07, 6.45) is 3.17. The predicted octanol–water partition coefficient (Wildman–Crippen LogP) is 4.27. The normalized spacial score (nSPS) is 14.8. The van der Waals surface area contributed by atoms with Crippen LogP contribution in [0.4, 0.5) is 15.8 Å². The Morgan fingerprint density at radius 2 is 1.71 bits per heavy atom. The summed E-state index contributed by atoms with van der Waals surface area (Å²) in [7, 11) is 3.34. The van der Waals surface area contributed by atoms with E-state index in [-0.39, 0.29) is 29.6 Å². The molecule has 0 atom stereocenters. The van der Waals surface area contributed by atoms with Crippen LogP contribution in [0.3, 0.4) is 0 Å². The number of piperidine rings is 1. The van der Waals surface area contributed by atoms with Gasteiger partial charge in [-0.3, -0.25) is 4.79 Å². The minimum atomic E-state index is -3.80. The van der Waals surface area contributed by atoms with E-state index in [1.165, 1.54) is 24.5 Å². The van der Waals surface area contributed by atoms with Crippen molar-refractivity contribution >= 4 is 27.3 Å². The molecule has 0 aliphatic carbocycles. The van der Waals surface area contributed by atoms with Crippen molar-refractivity contribution in [3.05, 3.63) is 47.3 Å². The largest absolute Gasteiger partial charge is 0.497 e. The number of ether oxygens (including phenoxy) is 1. The predicted molar refractivity (Wildman–Crippen MR) is 150 cm³/mol. The van der Waals surface area contributed by atoms with Crippen LogP contribution in [0, 0.1) is 25.6 Å². The highest BCUT2D eigenvalue weighted by Crippen LogP contribution is 2.30. The summed E-state index contributed by atoms with van der Waals surface area (Å²) >= 11 is 0. The van der Waals surface area contributed by atoms with Gasteiger partial charge in [0.1, 0.15) is 11.6 Å². The lowest BCUT2D eigenvalue weighted by molar-refractivity contribution is -0.116. The highest BCUT2D eigenvalue weighted by molar-refractivity contribution is 7.89. The molecule has 1 amide bonds. The summed E-state index contributed by atoms with van der Waals surface area (Å²) in [5.74, 6) is 0.488. The van der Waals surface area contributed by atoms with Crippen LogP contribution in [-0.4, -0.2) is 78.0 Å². The van der Waals surface area contributed by atoms with E-state index in [0.29, 0.717) is 34.2 Å². The molecule has 3 rings (SSSR count). The Balaban J connectivity index is 1.55. The maximum Gasteiger partial charge on any atom is 0.243 e. The Labute approximate surface area is 226 Å². The van der Waals surface area contributed by atoms with Crippen molar-refractivity contribution in [3.8, 4) is 5.75 Å². The molecule has 0 saturated carbocycles. The van der Waals surface area contributed by atoms with Crippen molar-refractivity contribution in [2.45, 2.75) is 44.4 Å². The fraction of sp³-hybridized carbons (Fsp3) is 0.536. The Bertz CT molecular complexity index is 1200. The molecule has 0 bridgehead atoms. The third-order valence-corrected chi connectivity index (χ3v) is 9.33. The molecule has 1 heterocycles. The second-order valence-corrected chi connectivity index (χ2v) is 12.4. The van der Waals surface area contributed by atoms with Gasteiger partial charge in [-0.05, 0) is 101 Å². The van der Waals surface area contributed by atoms with Gasteiger partial charge in [0.25, 0.3) is 0 Å². The van der Waals surface area contributed by atoms with E-state index < -0.39 is 10.0 Å². The summed E-state index contributed by atoms with van der Waals surface area (Å²) in [5, 5.41) is 2.69. The van der Waals surface area contributed by atoms with Crippen molar-refractivity contribution in [2.75, 3.05) is 64.6 Å². The first-order valence-electron chi connectivity index (χ1n) is 13.0. The molecule has 0 aromatic heterocycles. The number of anilines is 2. The standard InChI is InChI=1S/C28H41FN4O4S/c1-20-17-24(37-6)18-21(2)28(20)38(35,36)32(5)14-12-27(34)30-23-7-8-26(25(29)19-23)33-15-10-22(11-16-33)9-13-31(3)4/h7-8,17-19,22H,9-16H2,1-6H3,(H,30,34). The number of carbonyl (C=O) groups excluding carboxylic acids is 1. The number of benzene rings is 2. The van der Waals surface area contributed by atoms with Crippen LogP contribution >= 0.6 is 0 Å². The summed E-state index contributed by atoms with van der Waals surface area (Å²) in [5.41, 5.74) is 2.05. The molecule has 0 spiro atoms. The first kappa shape index (κ1) is 29.9. The molecule has 38 heavy (non-hydrogen) atoms. The fourth-order valence-electron chi connectivity index (χ4n) is 4.94. The van der Waals surface area contributed by atoms with Gasteiger partial charge in [0, 0.05) is 38.8 Å². The molecule has 2 aromatic rings. The number of nitrogens with one attached hydrogen (secondary N) is 1. The van der Waals surface area contributed by atoms with E-state index in [2.05, 4.69) is 29.2 Å². The number of hydrogen-bond acceptors (Lipinski definition) is 6. The number of sulfonamides is 1. The molecule has 8 nitrogen and oxygen atoms in total. The summed E-state index contributed by atoms with van der Waals surface area (Å²) in [6, 6.07) is 8.07. The number of methoxy groups -OCH3 is 1. The van der Waals surface area contributed by atoms with Crippen LogP contribution in [0.1, 0.15) is 36.8 Å². The van der Waals surface area contributed by atoms with Crippen LogP contribution in [0.5, 0.6) is 5.75 Å². The van der Waals surface area contributed by atoms with Crippen LogP contribution in [-0.2, 0) is 14.8 Å². The molecule has 1 saturated heterocycles. The van der Waals surface area contributed by atoms with Crippen molar-refractivity contribution < 1.29 is 22.3 Å². The van der Waals surface area contributed by atoms with E-state index in [9.17, 15) is 17.6 Å². The molecule has 1 aliphatic heterocycles. The Morgan fingerprint density at radius 3 is 2.26 bits per heavy atom. The second-order valence-electron chi connectivity index (χ2n) is 10.4. The molecule has 0 radical (unpaired) electrons. The first-order valence-corrected chi connectivity index (χ1v) is 14.5. The van der Waals surface area contributed by atoms with Crippen LogP contribution < -0.4 is 15.0 Å². The van der Waals surface area contributed by atoms with Gasteiger partial charge in [-0.1, -0.05) is 0 Å². The summed E-state index contributed by atoms with van der Waals surface area (Å²) < 4.78 is 47.6. The zero-order chi connectivity index (χ0) is 28.0. The Hall–Kier alpha value is -2.69. The molecule has 1 fully saturated rings. The van der Waals surface area contributed by atoms with Gasteiger partial charge in [-0.25, -0.2) is 17.1 Å². The van der Waals surface area contributed by atoms with Gasteiger partial charge in [-0.15, -0.1) is 0 Å². The SMILES string of the molecule is COc1cc(C)c(S(=O)(=O)N(C)CCC(=O)Nc2ccc(N3CCC(CCN(C)C)CC3)c(F)c2)c(C)c1. The second kappa shape index (κ2) is 12.9. The minimum Gasteiger partial charge on any atom is -0.497 e. The lowest BCUT2D eigenvalue weighted by atomic mass is 9.93. The van der Waals surface area contributed by atoms with E-state index in [1.54, 1.807) is 38.1 Å². The van der Waals surface area contributed by atoms with Crippen molar-refractivity contribution in [2.24, 2.45) is 5.92 Å². The topological polar surface area (TPSA) is 82.2 Å². The highest BCUT2D eigenvalue weighted by Gasteiger charge is 2.26. The zero-order valence-electron chi connectivity index (χ0n) is 23.4. The van der Waals surface area contributed by atoms with Crippen LogP contribution in [0.15, 0.2) is 35.2 Å². The number of carbonyl (C=O) groups is 1. The molecule has 1 N–H and O–H groups in total. The van der Waals surface area contributed by atoms with Crippen molar-refractivity contribution in [1.82, 2.24) is 9.21 Å². The maximum atomic E-state index is 14.9. The van der Waals surface area contributed by atoms with E-state index in [1.807, 2.05) is 0 Å². The lowest BCUT2D eigenvalue weighted by Crippen LogP contribution is -2.35. The fourth-order valence-corrected chi connectivity index (χ4v) is 6.51. The number of nitrogens with zero attached hydrogens (tertiary/aromatic N) is 3. The number of halogens is 1. The first-order chi connectivity index (χ1) is 17.9. The lowest BCUT2D eigenvalue weighted by Gasteiger charge is -2.34. The molecule has 210 valence electrons. The van der Waals surface area contributed by atoms with E-state index >= 15 is 0 Å². The maximum absolute atomic E-state index is 14.9. The molecular formula is C28H41FN4O4S. The van der Waals surface area contributed by atoms with Gasteiger partial charge < -0.3 is 19.9 Å². The minimum absolute atomic E-state index is 0.0115. The van der Waals surface area contributed by atoms with Gasteiger partial charge >= 0.3 is 0 Å². The van der Waals surface area contributed by atoms with Gasteiger partial charge in [0.05, 0.1) is 17.7 Å². The molecule has 10 heteroatoms. The van der Waals surface area contributed by atoms with E-state index in [0.717, 1.165) is 38.9 Å². The average molecular weight is 549 g/mol. The zero-order valence-corrected chi connectivity index (χ0v) is 24.2. The molecule has 1 aliphatic rings. The number of hydrogen-bond donors (Lipinski definition) is 1. The van der Waals surface area contributed by atoms with Gasteiger partial charge in [0.15, 0.2) is 0 Å². The van der Waals surface area contributed by atoms with Crippen LogP contribution in [0.25, 0.3) is 0 Å². The van der Waals surface area contributed by atoms with Crippen molar-refractivity contribution in [1.29, 1.82) is 0 Å². The number of amides is 1. The smallest absolute Gasteiger partial charge is 0.243 e. The third-order valence-electron chi connectivity index (χ3n) is 7.16. The Morgan fingerprint density at radius 1 is 1.08 bits per heavy atom. The van der Waals surface area contributed by atoms with Gasteiger partial charge in [0.2, 0.25) is 15.9 Å². The number of aryl methyl sites for hydroxylation is 2. The monoisotopic (exact) mass is 548 g/mol. The molecule has 2 aromatic carbocycles. The van der Waals surface area contributed by atoms with E-state index in [4.69, 9.17) is 4.74 Å². The molecule has 0 unspecified atom stereocenters. The highest BCUT2D eigenvalue weighted by atomic mass is 32.2. The van der Waals surface area contributed by atoms with Gasteiger partial charge in [-0.2, -0.15) is 0 Å². The molecular weight excluding hydrogens is 507 g/mol. The number of rotatable bonds is 11.